The summed E-state index contributed by atoms with van der Waals surface area (Å²) in [7, 11) is 0. The van der Waals surface area contributed by atoms with Crippen LogP contribution < -0.4 is 0 Å². The molecule has 2 heteroatoms. The van der Waals surface area contributed by atoms with Gasteiger partial charge in [-0.2, -0.15) is 0 Å². The van der Waals surface area contributed by atoms with Crippen molar-refractivity contribution in [2.24, 2.45) is 0 Å². The second-order valence-corrected chi connectivity index (χ2v) is 12.3. The van der Waals surface area contributed by atoms with Crippen molar-refractivity contribution in [1.29, 1.82) is 0 Å². The monoisotopic (exact) mass is 615 g/mol. The molecule has 2 nitrogen and oxygen atoms in total. The maximum Gasteiger partial charge on any atom is 0.0645 e. The first-order valence-electron chi connectivity index (χ1n) is 18.6. The quantitative estimate of drug-likeness (QED) is 0.186. The summed E-state index contributed by atoms with van der Waals surface area (Å²) in [4.78, 5) is 0. The Balaban J connectivity index is 1.07. The average molecular weight is 616 g/mol. The molecule has 0 radical (unpaired) electrons. The summed E-state index contributed by atoms with van der Waals surface area (Å²) in [6.45, 7) is 0. The number of para-hydroxylation sites is 3. The lowest BCUT2D eigenvalue weighted by Gasteiger charge is -2.11. The second kappa shape index (κ2) is 10.6. The van der Waals surface area contributed by atoms with Gasteiger partial charge in [0.05, 0.1) is 28.9 Å². The van der Waals surface area contributed by atoms with E-state index in [1.807, 2.05) is 36.4 Å². The summed E-state index contributed by atoms with van der Waals surface area (Å²) in [5.74, 6) is 0. The van der Waals surface area contributed by atoms with Crippen molar-refractivity contribution in [3.05, 3.63) is 182 Å². The van der Waals surface area contributed by atoms with E-state index < -0.39 is 6.04 Å². The van der Waals surface area contributed by atoms with Crippen LogP contribution in [0.5, 0.6) is 0 Å². The molecule has 0 fully saturated rings. The van der Waals surface area contributed by atoms with Gasteiger partial charge in [0, 0.05) is 32.9 Å². The highest BCUT2D eigenvalue weighted by Crippen LogP contribution is 2.38. The van der Waals surface area contributed by atoms with Gasteiger partial charge in [0.25, 0.3) is 0 Å². The van der Waals surface area contributed by atoms with Crippen molar-refractivity contribution in [1.82, 2.24) is 9.13 Å². The van der Waals surface area contributed by atoms with Crippen molar-refractivity contribution in [2.75, 3.05) is 0 Å². The number of hydrogen-bond donors (Lipinski definition) is 0. The van der Waals surface area contributed by atoms with E-state index in [4.69, 9.17) is 6.85 Å². The Labute approximate surface area is 285 Å². The fourth-order valence-corrected chi connectivity index (χ4v) is 7.35. The third-order valence-corrected chi connectivity index (χ3v) is 9.60. The van der Waals surface area contributed by atoms with Gasteiger partial charge < -0.3 is 9.13 Å². The van der Waals surface area contributed by atoms with Crippen LogP contribution >= 0.6 is 0 Å². The molecule has 0 spiro atoms. The lowest BCUT2D eigenvalue weighted by molar-refractivity contribution is 1.18. The summed E-state index contributed by atoms with van der Waals surface area (Å²) in [6.07, 6.45) is 0. The lowest BCUT2D eigenvalue weighted by Crippen LogP contribution is -1.94. The zero-order chi connectivity index (χ0) is 36.0. The molecule has 0 amide bonds. The molecular formula is C46H30N2. The van der Waals surface area contributed by atoms with E-state index in [0.717, 1.165) is 55.3 Å². The topological polar surface area (TPSA) is 9.86 Å². The Morgan fingerprint density at radius 1 is 0.333 bits per heavy atom. The highest BCUT2D eigenvalue weighted by Gasteiger charge is 2.15. The van der Waals surface area contributed by atoms with Gasteiger partial charge in [-0.15, -0.1) is 0 Å². The first kappa shape index (κ1) is 22.2. The van der Waals surface area contributed by atoms with E-state index in [1.165, 1.54) is 27.1 Å². The minimum atomic E-state index is -0.400. The molecule has 0 aliphatic rings. The van der Waals surface area contributed by atoms with E-state index in [2.05, 4.69) is 120 Å². The highest BCUT2D eigenvalue weighted by atomic mass is 15.0. The maximum absolute atomic E-state index is 8.69. The lowest BCUT2D eigenvalue weighted by atomic mass is 9.98. The van der Waals surface area contributed by atoms with Crippen LogP contribution in [0.4, 0.5) is 0 Å². The van der Waals surface area contributed by atoms with Gasteiger partial charge in [-0.05, 0) is 87.6 Å². The molecule has 2 heterocycles. The molecule has 0 saturated heterocycles. The third-order valence-electron chi connectivity index (χ3n) is 9.60. The first-order chi connectivity index (χ1) is 25.9. The first-order valence-corrected chi connectivity index (χ1v) is 16.1. The Kier molecular flexibility index (Phi) is 4.89. The molecule has 48 heavy (non-hydrogen) atoms. The molecule has 0 bridgehead atoms. The third kappa shape index (κ3) is 4.13. The van der Waals surface area contributed by atoms with E-state index in [-0.39, 0.29) is 29.9 Å². The summed E-state index contributed by atoms with van der Waals surface area (Å²) in [5, 5.41) is 6.76. The maximum atomic E-state index is 8.69. The molecule has 0 saturated carbocycles. The van der Waals surface area contributed by atoms with Crippen LogP contribution in [0, 0.1) is 0 Å². The number of nitrogens with zero attached hydrogens (tertiary/aromatic N) is 2. The highest BCUT2D eigenvalue weighted by molar-refractivity contribution is 6.11. The molecular weight excluding hydrogens is 581 g/mol. The minimum Gasteiger partial charge on any atom is -0.309 e. The van der Waals surface area contributed by atoms with Crippen molar-refractivity contribution in [3.8, 4) is 33.6 Å². The Morgan fingerprint density at radius 2 is 0.875 bits per heavy atom. The fourth-order valence-electron chi connectivity index (χ4n) is 7.35. The van der Waals surface area contributed by atoms with E-state index >= 15 is 0 Å². The SMILES string of the molecule is [2H]c1c([2H])c([2H])c(-n2c3ccccc3c3cc(-c4ccc(-c5ccc6c7ccccc7n(-c7ccc8ccccc8c7)c6c5)cc4)ccc32)c([2H])c1[2H]. The second-order valence-electron chi connectivity index (χ2n) is 12.3. The largest absolute Gasteiger partial charge is 0.309 e. The minimum absolute atomic E-state index is 0.149. The van der Waals surface area contributed by atoms with Gasteiger partial charge in [0.1, 0.15) is 0 Å². The van der Waals surface area contributed by atoms with Gasteiger partial charge in [-0.3, -0.25) is 0 Å². The van der Waals surface area contributed by atoms with Gasteiger partial charge in [0.2, 0.25) is 0 Å². The molecule has 2 aromatic heterocycles. The normalized spacial score (nSPS) is 13.2. The van der Waals surface area contributed by atoms with Crippen LogP contribution in [0.3, 0.4) is 0 Å². The van der Waals surface area contributed by atoms with Gasteiger partial charge in [-0.25, -0.2) is 0 Å². The number of rotatable bonds is 4. The van der Waals surface area contributed by atoms with Gasteiger partial charge in [-0.1, -0.05) is 127 Å². The van der Waals surface area contributed by atoms with Crippen molar-refractivity contribution >= 4 is 54.4 Å². The van der Waals surface area contributed by atoms with Crippen molar-refractivity contribution in [3.63, 3.8) is 0 Å². The molecule has 224 valence electrons. The standard InChI is InChI=1S/C46H30N2/c1-2-12-37(13-3-1)47-44-17-9-7-15-40(44)42-29-35(24-27-45(42)47)32-18-20-33(21-19-32)36-23-26-41-39-14-6-8-16-43(39)48(46(41)30-36)38-25-22-31-10-4-5-11-34(31)28-38/h1-30H/i1D,2D,3D,12D,13D. The molecule has 8 aromatic carbocycles. The Hall–Kier alpha value is -6.38. The Bertz CT molecular complexity index is 3090. The molecule has 10 aromatic rings. The molecule has 0 unspecified atom stereocenters. The fraction of sp³-hybridized carbons (Fsp3) is 0. The molecule has 0 aliphatic heterocycles. The van der Waals surface area contributed by atoms with E-state index in [0.29, 0.717) is 0 Å². The predicted octanol–water partition coefficient (Wildman–Crippen LogP) is 12.4. The summed E-state index contributed by atoms with van der Waals surface area (Å²) in [6, 6.07) is 51.5. The number of benzene rings is 8. The van der Waals surface area contributed by atoms with Gasteiger partial charge in [0.15, 0.2) is 0 Å². The van der Waals surface area contributed by atoms with E-state index in [9.17, 15) is 0 Å². The molecule has 0 N–H and O–H groups in total. The van der Waals surface area contributed by atoms with Crippen molar-refractivity contribution in [2.45, 2.75) is 0 Å². The van der Waals surface area contributed by atoms with Crippen LogP contribution in [0.25, 0.3) is 88.0 Å². The number of fused-ring (bicyclic) bond motifs is 7. The van der Waals surface area contributed by atoms with Crippen molar-refractivity contribution < 1.29 is 6.85 Å². The van der Waals surface area contributed by atoms with Crippen LogP contribution in [0.15, 0.2) is 182 Å². The summed E-state index contributed by atoms with van der Waals surface area (Å²) in [5.41, 5.74) is 9.50. The summed E-state index contributed by atoms with van der Waals surface area (Å²) < 4.78 is 46.2. The van der Waals surface area contributed by atoms with Crippen LogP contribution in [-0.2, 0) is 0 Å². The zero-order valence-electron chi connectivity index (χ0n) is 30.8. The Morgan fingerprint density at radius 3 is 1.62 bits per heavy atom. The predicted molar refractivity (Wildman–Crippen MR) is 203 cm³/mol. The van der Waals surface area contributed by atoms with Crippen LogP contribution in [-0.4, -0.2) is 9.13 Å². The number of hydrogen-bond acceptors (Lipinski definition) is 0. The van der Waals surface area contributed by atoms with Gasteiger partial charge >= 0.3 is 0 Å². The smallest absolute Gasteiger partial charge is 0.0645 e. The van der Waals surface area contributed by atoms with Crippen LogP contribution in [0.2, 0.25) is 0 Å². The molecule has 0 aliphatic carbocycles. The zero-order valence-corrected chi connectivity index (χ0v) is 25.8. The van der Waals surface area contributed by atoms with Crippen LogP contribution in [0.1, 0.15) is 6.85 Å². The summed E-state index contributed by atoms with van der Waals surface area (Å²) >= 11 is 0. The molecule has 10 rings (SSSR count). The average Bonchev–Trinajstić information content (AvgIpc) is 3.71. The van der Waals surface area contributed by atoms with E-state index in [1.54, 1.807) is 4.57 Å². The number of aromatic nitrogens is 2. The molecule has 0 atom stereocenters.